The number of ether oxygens (including phenoxy) is 2. The van der Waals surface area contributed by atoms with Gasteiger partial charge in [-0.2, -0.15) is 0 Å². The summed E-state index contributed by atoms with van der Waals surface area (Å²) in [6.45, 7) is 5.23. The summed E-state index contributed by atoms with van der Waals surface area (Å²) in [7, 11) is 1.32. The smallest absolute Gasteiger partial charge is 0.306 e. The van der Waals surface area contributed by atoms with E-state index >= 15 is 0 Å². The van der Waals surface area contributed by atoms with E-state index in [0.717, 1.165) is 109 Å². The minimum absolute atomic E-state index is 0.0143. The summed E-state index contributed by atoms with van der Waals surface area (Å²) in [5.74, 6) is -0.356. The molecule has 0 amide bonds. The van der Waals surface area contributed by atoms with Gasteiger partial charge in [0.2, 0.25) is 0 Å². The lowest BCUT2D eigenvalue weighted by atomic mass is 10.1. The van der Waals surface area contributed by atoms with Crippen LogP contribution in [0.5, 0.6) is 0 Å². The molecule has 9 heteroatoms. The van der Waals surface area contributed by atoms with Crippen molar-refractivity contribution in [3.63, 3.8) is 0 Å². The van der Waals surface area contributed by atoms with Crippen LogP contribution in [0.15, 0.2) is 109 Å². The highest BCUT2D eigenvalue weighted by molar-refractivity contribution is 7.45. The summed E-state index contributed by atoms with van der Waals surface area (Å²) in [5, 5.41) is 0. The minimum atomic E-state index is -4.55. The summed E-state index contributed by atoms with van der Waals surface area (Å²) in [4.78, 5) is 25.2. The van der Waals surface area contributed by atoms with Gasteiger partial charge in [-0.15, -0.1) is 0 Å². The number of unbranched alkanes of at least 4 members (excludes halogenated alkanes) is 18. The highest BCUT2D eigenvalue weighted by Gasteiger charge is 2.20. The maximum Gasteiger partial charge on any atom is 0.306 e. The zero-order valence-corrected chi connectivity index (χ0v) is 45.9. The van der Waals surface area contributed by atoms with Crippen LogP contribution in [-0.2, 0) is 27.9 Å². The standard InChI is InChI=1S/C60H104NO7P/c1-6-8-10-12-14-16-18-20-22-24-26-28-30-31-32-33-35-37-39-41-43-45-47-49-51-53-60(62)68-59(58-67-69(63,64)66-56-54-61(3,4)5)57-65-55-52-50-48-46-44-42-40-38-36-34-29-27-25-23-21-19-17-15-13-11-9-7-2/h8,10,14,16,19-22,25-28,31-32,34-37,59H,6-7,9,11-13,15,17-18,23-24,29-30,33,38-58H2,1-5H3/b10-8-,16-14-,21-19-,22-20-,27-25-,28-26-,32-31-,36-34-,37-35-. The maximum absolute atomic E-state index is 12.8. The van der Waals surface area contributed by atoms with Gasteiger partial charge in [-0.3, -0.25) is 9.36 Å². The van der Waals surface area contributed by atoms with Gasteiger partial charge in [-0.1, -0.05) is 207 Å². The van der Waals surface area contributed by atoms with Crippen molar-refractivity contribution < 1.29 is 37.3 Å². The number of carbonyl (C=O) groups excluding carboxylic acids is 1. The van der Waals surface area contributed by atoms with Gasteiger partial charge in [0.15, 0.2) is 0 Å². The second kappa shape index (κ2) is 51.5. The zero-order chi connectivity index (χ0) is 50.5. The van der Waals surface area contributed by atoms with Crippen molar-refractivity contribution in [3.8, 4) is 0 Å². The van der Waals surface area contributed by atoms with E-state index in [0.29, 0.717) is 17.6 Å². The Morgan fingerprint density at radius 2 is 0.841 bits per heavy atom. The Balaban J connectivity index is 4.21. The highest BCUT2D eigenvalue weighted by atomic mass is 31.2. The van der Waals surface area contributed by atoms with Crippen LogP contribution >= 0.6 is 7.82 Å². The second-order valence-electron chi connectivity index (χ2n) is 19.2. The Labute approximate surface area is 425 Å². The molecule has 0 rings (SSSR count). The number of hydrogen-bond acceptors (Lipinski definition) is 7. The lowest BCUT2D eigenvalue weighted by Gasteiger charge is -2.28. The van der Waals surface area contributed by atoms with Crippen LogP contribution in [0.25, 0.3) is 0 Å². The molecule has 0 heterocycles. The fraction of sp³-hybridized carbons (Fsp3) is 0.683. The van der Waals surface area contributed by atoms with Gasteiger partial charge in [0.1, 0.15) is 19.3 Å². The third kappa shape index (κ3) is 56.0. The van der Waals surface area contributed by atoms with Crippen molar-refractivity contribution in [1.29, 1.82) is 0 Å². The molecule has 0 aliphatic carbocycles. The van der Waals surface area contributed by atoms with Gasteiger partial charge in [0, 0.05) is 13.0 Å². The number of nitrogens with zero attached hydrogens (tertiary/aromatic N) is 1. The summed E-state index contributed by atoms with van der Waals surface area (Å²) >= 11 is 0. The van der Waals surface area contributed by atoms with Crippen molar-refractivity contribution in [2.45, 2.75) is 213 Å². The molecular weight excluding hydrogens is 878 g/mol. The number of phosphoric acid groups is 1. The van der Waals surface area contributed by atoms with Gasteiger partial charge in [0.05, 0.1) is 34.4 Å². The molecule has 0 aromatic carbocycles. The molecule has 8 nitrogen and oxygen atoms in total. The summed E-state index contributed by atoms with van der Waals surface area (Å²) in [6.07, 6.45) is 72.6. The normalized spacial score (nSPS) is 14.3. The van der Waals surface area contributed by atoms with Crippen LogP contribution in [0.4, 0.5) is 0 Å². The number of carbonyl (C=O) groups is 1. The second-order valence-corrected chi connectivity index (χ2v) is 20.6. The third-order valence-corrected chi connectivity index (χ3v) is 12.3. The van der Waals surface area contributed by atoms with Crippen LogP contribution < -0.4 is 4.89 Å². The summed E-state index contributed by atoms with van der Waals surface area (Å²) < 4.78 is 34.8. The molecule has 0 aliphatic heterocycles. The van der Waals surface area contributed by atoms with Crippen molar-refractivity contribution in [1.82, 2.24) is 0 Å². The van der Waals surface area contributed by atoms with Crippen LogP contribution in [0.3, 0.4) is 0 Å². The number of esters is 1. The molecule has 0 aromatic rings. The fourth-order valence-corrected chi connectivity index (χ4v) is 7.81. The van der Waals surface area contributed by atoms with E-state index in [2.05, 4.69) is 123 Å². The first-order valence-corrected chi connectivity index (χ1v) is 29.1. The average molecular weight is 982 g/mol. The molecule has 2 atom stereocenters. The predicted octanol–water partition coefficient (Wildman–Crippen LogP) is 16.9. The first-order chi connectivity index (χ1) is 33.6. The quantitative estimate of drug-likeness (QED) is 0.0197. The van der Waals surface area contributed by atoms with Crippen LogP contribution in [0.2, 0.25) is 0 Å². The monoisotopic (exact) mass is 982 g/mol. The molecular formula is C60H104NO7P. The van der Waals surface area contributed by atoms with Gasteiger partial charge in [0.25, 0.3) is 7.82 Å². The largest absolute Gasteiger partial charge is 0.756 e. The molecule has 0 aliphatic rings. The Morgan fingerprint density at radius 1 is 0.464 bits per heavy atom. The van der Waals surface area contributed by atoms with E-state index < -0.39 is 13.9 Å². The summed E-state index contributed by atoms with van der Waals surface area (Å²) in [6, 6.07) is 0. The fourth-order valence-electron chi connectivity index (χ4n) is 7.09. The highest BCUT2D eigenvalue weighted by Crippen LogP contribution is 2.38. The molecule has 0 saturated carbocycles. The number of rotatable bonds is 50. The number of likely N-dealkylation sites (N-methyl/N-ethyl adjacent to an activating group) is 1. The molecule has 0 aromatic heterocycles. The van der Waals surface area contributed by atoms with Crippen molar-refractivity contribution in [2.24, 2.45) is 0 Å². The van der Waals surface area contributed by atoms with Crippen LogP contribution in [0.1, 0.15) is 206 Å². The molecule has 0 spiro atoms. The van der Waals surface area contributed by atoms with Gasteiger partial charge in [-0.25, -0.2) is 0 Å². The molecule has 0 N–H and O–H groups in total. The molecule has 0 radical (unpaired) electrons. The van der Waals surface area contributed by atoms with E-state index in [1.807, 2.05) is 21.1 Å². The molecule has 0 bridgehead atoms. The molecule has 0 saturated heterocycles. The van der Waals surface area contributed by atoms with Crippen LogP contribution in [0, 0.1) is 0 Å². The van der Waals surface area contributed by atoms with Crippen molar-refractivity contribution in [2.75, 3.05) is 54.1 Å². The lowest BCUT2D eigenvalue weighted by molar-refractivity contribution is -0.870. The molecule has 69 heavy (non-hydrogen) atoms. The van der Waals surface area contributed by atoms with Gasteiger partial charge < -0.3 is 27.9 Å². The van der Waals surface area contributed by atoms with E-state index in [4.69, 9.17) is 18.5 Å². The predicted molar refractivity (Wildman–Crippen MR) is 295 cm³/mol. The summed E-state index contributed by atoms with van der Waals surface area (Å²) in [5.41, 5.74) is 0. The van der Waals surface area contributed by atoms with E-state index in [1.54, 1.807) is 0 Å². The molecule has 2 unspecified atom stereocenters. The minimum Gasteiger partial charge on any atom is -0.756 e. The number of phosphoric ester groups is 1. The zero-order valence-electron chi connectivity index (χ0n) is 45.0. The number of quaternary nitrogens is 1. The topological polar surface area (TPSA) is 94.1 Å². The lowest BCUT2D eigenvalue weighted by Crippen LogP contribution is -2.37. The Morgan fingerprint density at radius 3 is 1.26 bits per heavy atom. The SMILES string of the molecule is CC/C=C\C/C=C\C/C=C\C/C=C\C/C=C\C/C=C\CCCCCCCCC(=O)OC(COCCCCCCCCC/C=C\C/C=C\C/C=C\CCCCCCC)COP(=O)([O-])OCC[N+](C)(C)C. The molecule has 396 valence electrons. The van der Waals surface area contributed by atoms with E-state index in [9.17, 15) is 14.3 Å². The van der Waals surface area contributed by atoms with E-state index in [1.165, 1.54) is 77.0 Å². The first kappa shape index (κ1) is 66.2. The maximum atomic E-state index is 12.8. The van der Waals surface area contributed by atoms with Crippen molar-refractivity contribution in [3.05, 3.63) is 109 Å². The number of allylic oxidation sites excluding steroid dienone is 18. The molecule has 0 fully saturated rings. The van der Waals surface area contributed by atoms with Gasteiger partial charge in [-0.05, 0) is 103 Å². The third-order valence-electron chi connectivity index (χ3n) is 11.3. The van der Waals surface area contributed by atoms with Crippen LogP contribution in [-0.4, -0.2) is 70.7 Å². The number of hydrogen-bond donors (Lipinski definition) is 0. The Hall–Kier alpha value is -2.84. The van der Waals surface area contributed by atoms with Crippen molar-refractivity contribution >= 4 is 13.8 Å². The first-order valence-electron chi connectivity index (χ1n) is 27.6. The van der Waals surface area contributed by atoms with E-state index in [-0.39, 0.29) is 32.2 Å². The average Bonchev–Trinajstić information content (AvgIpc) is 3.31. The van der Waals surface area contributed by atoms with Gasteiger partial charge >= 0.3 is 5.97 Å². The Kier molecular flexibility index (Phi) is 49.4. The Bertz CT molecular complexity index is 1470.